The van der Waals surface area contributed by atoms with E-state index in [-0.39, 0.29) is 18.4 Å². The van der Waals surface area contributed by atoms with Crippen LogP contribution in [0.25, 0.3) is 0 Å². The van der Waals surface area contributed by atoms with E-state index in [0.717, 1.165) is 11.1 Å². The van der Waals surface area contributed by atoms with E-state index in [1.165, 1.54) is 7.11 Å². The first kappa shape index (κ1) is 20.7. The molecule has 144 valence electrons. The first-order valence-corrected chi connectivity index (χ1v) is 8.85. The molecule has 0 aliphatic heterocycles. The molecular formula is C20H23ClN2O4. The average molecular weight is 391 g/mol. The van der Waals surface area contributed by atoms with Crippen LogP contribution in [0.5, 0.6) is 5.75 Å². The molecule has 1 unspecified atom stereocenters. The van der Waals surface area contributed by atoms with E-state index < -0.39 is 6.10 Å². The van der Waals surface area contributed by atoms with Crippen LogP contribution in [0.4, 0.5) is 5.69 Å². The number of carbonyl (C=O) groups excluding carboxylic acids is 2. The van der Waals surface area contributed by atoms with Gasteiger partial charge < -0.3 is 20.1 Å². The molecule has 1 atom stereocenters. The van der Waals surface area contributed by atoms with Crippen molar-refractivity contribution in [3.8, 4) is 5.75 Å². The Balaban J connectivity index is 1.89. The van der Waals surface area contributed by atoms with Gasteiger partial charge in [0, 0.05) is 24.4 Å². The van der Waals surface area contributed by atoms with Crippen molar-refractivity contribution in [3.63, 3.8) is 0 Å². The molecule has 0 fully saturated rings. The zero-order valence-electron chi connectivity index (χ0n) is 15.5. The molecule has 0 heterocycles. The van der Waals surface area contributed by atoms with Gasteiger partial charge in [0.2, 0.25) is 5.91 Å². The first-order valence-electron chi connectivity index (χ1n) is 8.47. The molecule has 2 aromatic carbocycles. The van der Waals surface area contributed by atoms with Gasteiger partial charge in [0.25, 0.3) is 5.91 Å². The van der Waals surface area contributed by atoms with E-state index in [1.807, 2.05) is 13.0 Å². The van der Waals surface area contributed by atoms with E-state index in [1.54, 1.807) is 43.3 Å². The standard InChI is InChI=1S/C20H23ClN2O4/c1-13-9-16(21)7-8-18(13)27-14(2)20(25)22-11-15-5-4-6-17(10-15)23-19(24)12-26-3/h4-10,14H,11-12H2,1-3H3,(H,22,25)(H,23,24). The van der Waals surface area contributed by atoms with Crippen molar-refractivity contribution >= 4 is 29.1 Å². The van der Waals surface area contributed by atoms with Gasteiger partial charge in [-0.15, -0.1) is 0 Å². The molecule has 2 rings (SSSR count). The number of hydrogen-bond acceptors (Lipinski definition) is 4. The van der Waals surface area contributed by atoms with Gasteiger partial charge in [-0.3, -0.25) is 9.59 Å². The highest BCUT2D eigenvalue weighted by molar-refractivity contribution is 6.30. The highest BCUT2D eigenvalue weighted by Crippen LogP contribution is 2.22. The summed E-state index contributed by atoms with van der Waals surface area (Å²) in [5.74, 6) is 0.141. The molecule has 7 heteroatoms. The van der Waals surface area contributed by atoms with Crippen molar-refractivity contribution in [2.75, 3.05) is 19.0 Å². The number of ether oxygens (including phenoxy) is 2. The van der Waals surface area contributed by atoms with Crippen LogP contribution in [0.3, 0.4) is 0 Å². The smallest absolute Gasteiger partial charge is 0.261 e. The van der Waals surface area contributed by atoms with Crippen LogP contribution in [-0.4, -0.2) is 31.6 Å². The summed E-state index contributed by atoms with van der Waals surface area (Å²) in [5.41, 5.74) is 2.36. The lowest BCUT2D eigenvalue weighted by atomic mass is 10.2. The molecular weight excluding hydrogens is 368 g/mol. The molecule has 0 aromatic heterocycles. The number of aryl methyl sites for hydroxylation is 1. The van der Waals surface area contributed by atoms with Crippen LogP contribution < -0.4 is 15.4 Å². The largest absolute Gasteiger partial charge is 0.481 e. The van der Waals surface area contributed by atoms with Crippen molar-refractivity contribution < 1.29 is 19.1 Å². The summed E-state index contributed by atoms with van der Waals surface area (Å²) >= 11 is 5.93. The summed E-state index contributed by atoms with van der Waals surface area (Å²) in [4.78, 5) is 23.9. The third-order valence-corrected chi connectivity index (χ3v) is 4.00. The monoisotopic (exact) mass is 390 g/mol. The Morgan fingerprint density at radius 2 is 1.96 bits per heavy atom. The molecule has 2 aromatic rings. The van der Waals surface area contributed by atoms with E-state index in [4.69, 9.17) is 21.1 Å². The maximum atomic E-state index is 12.3. The molecule has 0 saturated heterocycles. The number of benzene rings is 2. The maximum Gasteiger partial charge on any atom is 0.261 e. The number of rotatable bonds is 8. The van der Waals surface area contributed by atoms with Crippen molar-refractivity contribution in [3.05, 3.63) is 58.6 Å². The van der Waals surface area contributed by atoms with Gasteiger partial charge in [0.05, 0.1) is 0 Å². The predicted molar refractivity (Wildman–Crippen MR) is 105 cm³/mol. The number of anilines is 1. The topological polar surface area (TPSA) is 76.7 Å². The van der Waals surface area contributed by atoms with Gasteiger partial charge in [-0.2, -0.15) is 0 Å². The van der Waals surface area contributed by atoms with E-state index in [9.17, 15) is 9.59 Å². The number of amides is 2. The summed E-state index contributed by atoms with van der Waals surface area (Å²) in [5, 5.41) is 6.17. The molecule has 0 radical (unpaired) electrons. The van der Waals surface area contributed by atoms with Crippen molar-refractivity contribution in [2.24, 2.45) is 0 Å². The van der Waals surface area contributed by atoms with E-state index in [0.29, 0.717) is 23.0 Å². The van der Waals surface area contributed by atoms with Gasteiger partial charge in [-0.05, 0) is 55.3 Å². The molecule has 0 aliphatic carbocycles. The zero-order valence-corrected chi connectivity index (χ0v) is 16.3. The minimum atomic E-state index is -0.658. The minimum Gasteiger partial charge on any atom is -0.481 e. The van der Waals surface area contributed by atoms with E-state index in [2.05, 4.69) is 10.6 Å². The SMILES string of the molecule is COCC(=O)Nc1cccc(CNC(=O)C(C)Oc2ccc(Cl)cc2C)c1. The number of nitrogens with one attached hydrogen (secondary N) is 2. The molecule has 0 aliphatic rings. The highest BCUT2D eigenvalue weighted by Gasteiger charge is 2.15. The van der Waals surface area contributed by atoms with Crippen LogP contribution in [0, 0.1) is 6.92 Å². The fourth-order valence-corrected chi connectivity index (χ4v) is 2.64. The van der Waals surface area contributed by atoms with Crippen molar-refractivity contribution in [1.29, 1.82) is 0 Å². The summed E-state index contributed by atoms with van der Waals surface area (Å²) in [6.07, 6.45) is -0.658. The predicted octanol–water partition coefficient (Wildman–Crippen LogP) is 3.32. The third kappa shape index (κ3) is 6.58. The molecule has 2 N–H and O–H groups in total. The number of methoxy groups -OCH3 is 1. The van der Waals surface area contributed by atoms with Gasteiger partial charge >= 0.3 is 0 Å². The summed E-state index contributed by atoms with van der Waals surface area (Å²) < 4.78 is 10.5. The Morgan fingerprint density at radius 1 is 1.19 bits per heavy atom. The second kappa shape index (κ2) is 9.94. The Labute approximate surface area is 163 Å². The average Bonchev–Trinajstić information content (AvgIpc) is 2.62. The Hall–Kier alpha value is -2.57. The summed E-state index contributed by atoms with van der Waals surface area (Å²) in [6.45, 7) is 3.86. The Kier molecular flexibility index (Phi) is 7.64. The quantitative estimate of drug-likeness (QED) is 0.725. The van der Waals surface area contributed by atoms with Crippen molar-refractivity contribution in [2.45, 2.75) is 26.5 Å². The van der Waals surface area contributed by atoms with Gasteiger partial charge in [0.15, 0.2) is 6.10 Å². The van der Waals surface area contributed by atoms with E-state index >= 15 is 0 Å². The minimum absolute atomic E-state index is 0.0140. The fourth-order valence-electron chi connectivity index (χ4n) is 2.41. The zero-order chi connectivity index (χ0) is 19.8. The van der Waals surface area contributed by atoms with Gasteiger partial charge in [0.1, 0.15) is 12.4 Å². The Morgan fingerprint density at radius 3 is 2.67 bits per heavy atom. The number of hydrogen-bond donors (Lipinski definition) is 2. The number of carbonyl (C=O) groups is 2. The first-order chi connectivity index (χ1) is 12.9. The van der Waals surface area contributed by atoms with Gasteiger partial charge in [-0.1, -0.05) is 23.7 Å². The lowest BCUT2D eigenvalue weighted by Gasteiger charge is -2.16. The lowest BCUT2D eigenvalue weighted by Crippen LogP contribution is -2.36. The van der Waals surface area contributed by atoms with Crippen LogP contribution in [0.2, 0.25) is 5.02 Å². The summed E-state index contributed by atoms with van der Waals surface area (Å²) in [7, 11) is 1.46. The van der Waals surface area contributed by atoms with Crippen LogP contribution >= 0.6 is 11.6 Å². The molecule has 0 spiro atoms. The molecule has 0 bridgehead atoms. The Bertz CT molecular complexity index is 810. The third-order valence-electron chi connectivity index (χ3n) is 3.76. The second-order valence-electron chi connectivity index (χ2n) is 6.07. The lowest BCUT2D eigenvalue weighted by molar-refractivity contribution is -0.127. The summed E-state index contributed by atoms with van der Waals surface area (Å²) in [6, 6.07) is 12.5. The molecule has 6 nitrogen and oxygen atoms in total. The second-order valence-corrected chi connectivity index (χ2v) is 6.51. The number of halogens is 1. The van der Waals surface area contributed by atoms with Crippen LogP contribution in [0.15, 0.2) is 42.5 Å². The van der Waals surface area contributed by atoms with Crippen LogP contribution in [0.1, 0.15) is 18.1 Å². The maximum absolute atomic E-state index is 12.3. The molecule has 27 heavy (non-hydrogen) atoms. The highest BCUT2D eigenvalue weighted by atomic mass is 35.5. The van der Waals surface area contributed by atoms with Crippen molar-refractivity contribution in [1.82, 2.24) is 5.32 Å². The fraction of sp³-hybridized carbons (Fsp3) is 0.300. The normalized spacial score (nSPS) is 11.6. The van der Waals surface area contributed by atoms with Gasteiger partial charge in [-0.25, -0.2) is 0 Å². The van der Waals surface area contributed by atoms with Crippen LogP contribution in [-0.2, 0) is 20.9 Å². The molecule has 0 saturated carbocycles. The molecule has 2 amide bonds.